The van der Waals surface area contributed by atoms with Crippen molar-refractivity contribution >= 4 is 27.9 Å². The highest BCUT2D eigenvalue weighted by Crippen LogP contribution is 2.38. The summed E-state index contributed by atoms with van der Waals surface area (Å²) in [5.74, 6) is 0.0292. The summed E-state index contributed by atoms with van der Waals surface area (Å²) >= 11 is 3.57. The highest BCUT2D eigenvalue weighted by atomic mass is 79.9. The number of aromatic nitrogens is 2. The van der Waals surface area contributed by atoms with Gasteiger partial charge in [-0.05, 0) is 81.7 Å². The molecule has 0 spiro atoms. The minimum absolute atomic E-state index is 0.206. The SMILES string of the molecule is CCCCNC(=O)N1CCN(C2c3ccc(O)cc3CCc3cc(Br)cnc32)CC1C(=O)NCc1cccnc1. The summed E-state index contributed by atoms with van der Waals surface area (Å²) in [6.07, 6.45) is 8.66. The molecule has 1 aliphatic carbocycles. The van der Waals surface area contributed by atoms with E-state index in [9.17, 15) is 14.7 Å². The number of aryl methyl sites for hydroxylation is 2. The molecule has 0 radical (unpaired) electrons. The molecule has 210 valence electrons. The molecule has 2 atom stereocenters. The van der Waals surface area contributed by atoms with Crippen LogP contribution < -0.4 is 10.6 Å². The normalized spacial score (nSPS) is 18.8. The zero-order valence-corrected chi connectivity index (χ0v) is 24.2. The average molecular weight is 608 g/mol. The van der Waals surface area contributed by atoms with Gasteiger partial charge in [0.05, 0.1) is 11.7 Å². The summed E-state index contributed by atoms with van der Waals surface area (Å²) in [4.78, 5) is 39.8. The Hall–Kier alpha value is -3.50. The molecule has 10 heteroatoms. The molecule has 2 aliphatic rings. The number of aromatic hydroxyl groups is 1. The minimum atomic E-state index is -0.685. The Balaban J connectivity index is 1.45. The van der Waals surface area contributed by atoms with E-state index < -0.39 is 6.04 Å². The summed E-state index contributed by atoms with van der Waals surface area (Å²) in [6, 6.07) is 10.3. The van der Waals surface area contributed by atoms with Gasteiger partial charge < -0.3 is 20.6 Å². The number of carbonyl (C=O) groups is 2. The van der Waals surface area contributed by atoms with E-state index in [4.69, 9.17) is 4.98 Å². The number of amides is 3. The summed E-state index contributed by atoms with van der Waals surface area (Å²) in [6.45, 7) is 4.31. The van der Waals surface area contributed by atoms with Gasteiger partial charge in [-0.25, -0.2) is 4.79 Å². The molecule has 0 saturated carbocycles. The quantitative estimate of drug-likeness (QED) is 0.351. The summed E-state index contributed by atoms with van der Waals surface area (Å²) in [7, 11) is 0. The van der Waals surface area contributed by atoms with Gasteiger partial charge in [-0.2, -0.15) is 0 Å². The average Bonchev–Trinajstić information content (AvgIpc) is 3.12. The fourth-order valence-corrected chi connectivity index (χ4v) is 5.97. The fraction of sp³-hybridized carbons (Fsp3) is 0.400. The third-order valence-corrected chi connectivity index (χ3v) is 8.08. The lowest BCUT2D eigenvalue weighted by Crippen LogP contribution is -2.62. The second kappa shape index (κ2) is 12.8. The molecule has 2 aromatic heterocycles. The number of nitrogens with zero attached hydrogens (tertiary/aromatic N) is 4. The lowest BCUT2D eigenvalue weighted by Gasteiger charge is -2.43. The van der Waals surface area contributed by atoms with E-state index in [0.29, 0.717) is 32.7 Å². The van der Waals surface area contributed by atoms with Crippen LogP contribution >= 0.6 is 15.9 Å². The number of pyridine rings is 2. The molecule has 3 aromatic rings. The zero-order chi connectivity index (χ0) is 28.1. The largest absolute Gasteiger partial charge is 0.508 e. The van der Waals surface area contributed by atoms with E-state index in [0.717, 1.165) is 58.1 Å². The minimum Gasteiger partial charge on any atom is -0.508 e. The van der Waals surface area contributed by atoms with Gasteiger partial charge >= 0.3 is 6.03 Å². The van der Waals surface area contributed by atoms with Gasteiger partial charge in [-0.15, -0.1) is 0 Å². The number of benzene rings is 1. The van der Waals surface area contributed by atoms with E-state index in [2.05, 4.69) is 49.4 Å². The lowest BCUT2D eigenvalue weighted by atomic mass is 9.95. The van der Waals surface area contributed by atoms with Crippen molar-refractivity contribution in [1.29, 1.82) is 0 Å². The van der Waals surface area contributed by atoms with Gasteiger partial charge in [0.15, 0.2) is 0 Å². The number of hydrogen-bond acceptors (Lipinski definition) is 6. The first-order chi connectivity index (χ1) is 19.4. The Morgan fingerprint density at radius 1 is 1.10 bits per heavy atom. The Bertz CT molecular complexity index is 1300. The van der Waals surface area contributed by atoms with Crippen LogP contribution in [-0.2, 0) is 24.2 Å². The van der Waals surface area contributed by atoms with Crippen molar-refractivity contribution in [2.24, 2.45) is 0 Å². The molecule has 1 aromatic carbocycles. The van der Waals surface area contributed by atoms with Gasteiger partial charge in [0, 0.05) is 55.8 Å². The van der Waals surface area contributed by atoms with E-state index in [1.54, 1.807) is 23.4 Å². The van der Waals surface area contributed by atoms with E-state index in [-0.39, 0.29) is 23.7 Å². The summed E-state index contributed by atoms with van der Waals surface area (Å²) < 4.78 is 0.917. The second-order valence-corrected chi connectivity index (χ2v) is 11.3. The van der Waals surface area contributed by atoms with Crippen molar-refractivity contribution in [2.75, 3.05) is 26.2 Å². The topological polar surface area (TPSA) is 111 Å². The number of urea groups is 1. The molecule has 9 nitrogen and oxygen atoms in total. The molecule has 5 rings (SSSR count). The predicted octanol–water partition coefficient (Wildman–Crippen LogP) is 3.95. The Kier molecular flexibility index (Phi) is 8.96. The monoisotopic (exact) mass is 606 g/mol. The number of phenols is 1. The van der Waals surface area contributed by atoms with E-state index in [1.807, 2.05) is 30.5 Å². The molecule has 40 heavy (non-hydrogen) atoms. The third-order valence-electron chi connectivity index (χ3n) is 7.65. The maximum atomic E-state index is 13.7. The van der Waals surface area contributed by atoms with Crippen molar-refractivity contribution in [2.45, 2.75) is 51.2 Å². The van der Waals surface area contributed by atoms with Crippen molar-refractivity contribution < 1.29 is 14.7 Å². The maximum absolute atomic E-state index is 13.7. The van der Waals surface area contributed by atoms with Crippen LogP contribution in [0, 0.1) is 0 Å². The van der Waals surface area contributed by atoms with Crippen LogP contribution in [0.15, 0.2) is 59.5 Å². The molecule has 2 unspecified atom stereocenters. The number of nitrogens with one attached hydrogen (secondary N) is 2. The zero-order valence-electron chi connectivity index (χ0n) is 22.6. The number of carbonyl (C=O) groups excluding carboxylic acids is 2. The van der Waals surface area contributed by atoms with Gasteiger partial charge in [0.2, 0.25) is 5.91 Å². The van der Waals surface area contributed by atoms with Crippen molar-refractivity contribution in [3.63, 3.8) is 0 Å². The number of fused-ring (bicyclic) bond motifs is 2. The van der Waals surface area contributed by atoms with Crippen LogP contribution in [-0.4, -0.2) is 69.0 Å². The second-order valence-electron chi connectivity index (χ2n) is 10.4. The van der Waals surface area contributed by atoms with Crippen molar-refractivity contribution in [3.05, 3.63) is 87.4 Å². The first kappa shape index (κ1) is 28.0. The first-order valence-electron chi connectivity index (χ1n) is 13.9. The smallest absolute Gasteiger partial charge is 0.318 e. The molecule has 1 fully saturated rings. The van der Waals surface area contributed by atoms with Crippen LogP contribution in [0.2, 0.25) is 0 Å². The van der Waals surface area contributed by atoms with E-state index >= 15 is 0 Å². The number of phenolic OH excluding ortho intramolecular Hbond substituents is 1. The molecule has 1 aliphatic heterocycles. The Morgan fingerprint density at radius 2 is 1.95 bits per heavy atom. The third kappa shape index (κ3) is 6.28. The number of unbranched alkanes of at least 4 members (excludes halogenated alkanes) is 1. The Labute approximate surface area is 243 Å². The van der Waals surface area contributed by atoms with Crippen LogP contribution in [0.1, 0.15) is 53.8 Å². The standard InChI is InChI=1S/C30H35BrN6O3/c1-2-3-11-33-30(40)37-13-12-36(19-26(37)29(39)35-17-20-5-4-10-32-16-20)28-25-9-8-24(38)15-21(25)6-7-22-14-23(31)18-34-27(22)28/h4-5,8-10,14-16,18,26,28,38H,2-3,6-7,11-13,17,19H2,1H3,(H,33,40)(H,35,39). The van der Waals surface area contributed by atoms with E-state index in [1.165, 1.54) is 0 Å². The van der Waals surface area contributed by atoms with Crippen LogP contribution in [0.25, 0.3) is 0 Å². The van der Waals surface area contributed by atoms with Crippen LogP contribution in [0.5, 0.6) is 5.75 Å². The van der Waals surface area contributed by atoms with Gasteiger partial charge in [0.25, 0.3) is 0 Å². The fourth-order valence-electron chi connectivity index (χ4n) is 5.59. The van der Waals surface area contributed by atoms with Crippen LogP contribution in [0.4, 0.5) is 4.79 Å². The lowest BCUT2D eigenvalue weighted by molar-refractivity contribution is -0.128. The molecule has 3 amide bonds. The summed E-state index contributed by atoms with van der Waals surface area (Å²) in [5.41, 5.74) is 5.11. The van der Waals surface area contributed by atoms with Crippen molar-refractivity contribution in [3.8, 4) is 5.75 Å². The van der Waals surface area contributed by atoms with Gasteiger partial charge in [-0.3, -0.25) is 19.7 Å². The van der Waals surface area contributed by atoms with Crippen LogP contribution in [0.3, 0.4) is 0 Å². The van der Waals surface area contributed by atoms with Gasteiger partial charge in [-0.1, -0.05) is 25.5 Å². The summed E-state index contributed by atoms with van der Waals surface area (Å²) in [5, 5.41) is 16.3. The number of piperazine rings is 1. The highest BCUT2D eigenvalue weighted by Gasteiger charge is 2.40. The first-order valence-corrected chi connectivity index (χ1v) is 14.6. The molecule has 3 heterocycles. The molecular formula is C30H35BrN6O3. The molecule has 0 bridgehead atoms. The maximum Gasteiger partial charge on any atom is 0.318 e. The van der Waals surface area contributed by atoms with Gasteiger partial charge in [0.1, 0.15) is 11.8 Å². The molecule has 3 N–H and O–H groups in total. The molecular weight excluding hydrogens is 572 g/mol. The number of hydrogen-bond donors (Lipinski definition) is 3. The Morgan fingerprint density at radius 3 is 2.75 bits per heavy atom. The molecule has 1 saturated heterocycles. The number of halogens is 1. The van der Waals surface area contributed by atoms with Crippen molar-refractivity contribution in [1.82, 2.24) is 30.4 Å². The highest BCUT2D eigenvalue weighted by molar-refractivity contribution is 9.10. The number of rotatable bonds is 7. The predicted molar refractivity (Wildman–Crippen MR) is 156 cm³/mol.